The molecule has 0 amide bonds. The minimum absolute atomic E-state index is 0.0239. The first kappa shape index (κ1) is 9.54. The molecule has 0 aliphatic rings. The molecule has 2 heteroatoms. The van der Waals surface area contributed by atoms with E-state index >= 15 is 0 Å². The van der Waals surface area contributed by atoms with Crippen LogP contribution >= 0.6 is 0 Å². The molecule has 1 N–H and O–H groups in total. The molecule has 0 fully saturated rings. The first-order valence-electron chi connectivity index (χ1n) is 4.87. The third-order valence-corrected chi connectivity index (χ3v) is 2.27. The summed E-state index contributed by atoms with van der Waals surface area (Å²) in [5.74, 6) is 2.65. The number of pyridine rings is 1. The highest BCUT2D eigenvalue weighted by Crippen LogP contribution is 2.21. The molecule has 0 spiro atoms. The number of para-hydroxylation sites is 1. The van der Waals surface area contributed by atoms with Crippen LogP contribution in [0.1, 0.15) is 6.92 Å². The molecule has 2 nitrogen and oxygen atoms in total. The van der Waals surface area contributed by atoms with Gasteiger partial charge >= 0.3 is 0 Å². The number of nitrogens with one attached hydrogen (secondary N) is 1. The quantitative estimate of drug-likeness (QED) is 0.747. The summed E-state index contributed by atoms with van der Waals surface area (Å²) in [6.45, 7) is 1.95. The van der Waals surface area contributed by atoms with Gasteiger partial charge in [0.2, 0.25) is 0 Å². The summed E-state index contributed by atoms with van der Waals surface area (Å²) in [7, 11) is 0. The Bertz CT molecular complexity index is 506. The van der Waals surface area contributed by atoms with Crippen LogP contribution in [0.15, 0.2) is 36.5 Å². The summed E-state index contributed by atoms with van der Waals surface area (Å²) in [6.07, 6.45) is 7.12. The number of nitrogens with zero attached hydrogens (tertiary/aromatic N) is 1. The van der Waals surface area contributed by atoms with Gasteiger partial charge in [0.1, 0.15) is 0 Å². The van der Waals surface area contributed by atoms with E-state index in [-0.39, 0.29) is 6.04 Å². The third kappa shape index (κ3) is 1.92. The van der Waals surface area contributed by atoms with E-state index in [9.17, 15) is 0 Å². The van der Waals surface area contributed by atoms with Crippen LogP contribution in [0.4, 0.5) is 5.69 Å². The predicted octanol–water partition coefficient (Wildman–Crippen LogP) is 2.67. The molecule has 1 aromatic heterocycles. The Morgan fingerprint density at radius 2 is 2.13 bits per heavy atom. The van der Waals surface area contributed by atoms with Crippen molar-refractivity contribution in [2.24, 2.45) is 0 Å². The lowest BCUT2D eigenvalue weighted by Crippen LogP contribution is -2.12. The minimum Gasteiger partial charge on any atom is -0.371 e. The van der Waals surface area contributed by atoms with Crippen molar-refractivity contribution in [1.29, 1.82) is 0 Å². The molecule has 0 radical (unpaired) electrons. The van der Waals surface area contributed by atoms with Gasteiger partial charge in [0, 0.05) is 17.3 Å². The van der Waals surface area contributed by atoms with E-state index in [0.717, 1.165) is 16.6 Å². The van der Waals surface area contributed by atoms with Gasteiger partial charge in [0.25, 0.3) is 0 Å². The fourth-order valence-corrected chi connectivity index (χ4v) is 1.50. The van der Waals surface area contributed by atoms with Gasteiger partial charge in [-0.2, -0.15) is 0 Å². The molecule has 0 aliphatic heterocycles. The fraction of sp³-hybridized carbons (Fsp3) is 0.154. The van der Waals surface area contributed by atoms with Crippen molar-refractivity contribution in [3.8, 4) is 12.3 Å². The van der Waals surface area contributed by atoms with Crippen LogP contribution in [0.5, 0.6) is 0 Å². The number of fused-ring (bicyclic) bond motifs is 1. The Balaban J connectivity index is 2.48. The second-order valence-corrected chi connectivity index (χ2v) is 3.41. The van der Waals surface area contributed by atoms with Gasteiger partial charge in [0.15, 0.2) is 0 Å². The van der Waals surface area contributed by atoms with Crippen molar-refractivity contribution in [1.82, 2.24) is 4.98 Å². The smallest absolute Gasteiger partial charge is 0.0846 e. The summed E-state index contributed by atoms with van der Waals surface area (Å²) in [5, 5.41) is 4.36. The van der Waals surface area contributed by atoms with Gasteiger partial charge in [-0.25, -0.2) is 0 Å². The second-order valence-electron chi connectivity index (χ2n) is 3.41. The Morgan fingerprint density at radius 1 is 1.33 bits per heavy atom. The maximum atomic E-state index is 5.34. The predicted molar refractivity (Wildman–Crippen MR) is 63.7 cm³/mol. The SMILES string of the molecule is C#CC(C)Nc1ccnc2ccccc12. The van der Waals surface area contributed by atoms with Gasteiger partial charge in [-0.3, -0.25) is 4.98 Å². The monoisotopic (exact) mass is 196 g/mol. The van der Waals surface area contributed by atoms with E-state index < -0.39 is 0 Å². The van der Waals surface area contributed by atoms with Crippen LogP contribution in [0.25, 0.3) is 10.9 Å². The number of rotatable bonds is 2. The highest BCUT2D eigenvalue weighted by atomic mass is 14.9. The van der Waals surface area contributed by atoms with E-state index in [1.807, 2.05) is 37.3 Å². The Morgan fingerprint density at radius 3 is 2.93 bits per heavy atom. The van der Waals surface area contributed by atoms with Crippen LogP contribution in [-0.4, -0.2) is 11.0 Å². The van der Waals surface area contributed by atoms with Crippen LogP contribution in [0, 0.1) is 12.3 Å². The van der Waals surface area contributed by atoms with Crippen molar-refractivity contribution < 1.29 is 0 Å². The molecule has 1 atom stereocenters. The molecule has 1 unspecified atom stereocenters. The molecule has 15 heavy (non-hydrogen) atoms. The number of hydrogen-bond donors (Lipinski definition) is 1. The molecule has 2 rings (SSSR count). The summed E-state index contributed by atoms with van der Waals surface area (Å²) >= 11 is 0. The molecule has 0 aliphatic carbocycles. The second kappa shape index (κ2) is 4.02. The molecule has 0 saturated carbocycles. The van der Waals surface area contributed by atoms with Gasteiger partial charge in [-0.1, -0.05) is 24.1 Å². The summed E-state index contributed by atoms with van der Waals surface area (Å²) < 4.78 is 0. The van der Waals surface area contributed by atoms with Crippen molar-refractivity contribution in [2.75, 3.05) is 5.32 Å². The molecule has 74 valence electrons. The van der Waals surface area contributed by atoms with Gasteiger partial charge in [-0.15, -0.1) is 6.42 Å². The molecule has 1 aromatic carbocycles. The largest absolute Gasteiger partial charge is 0.371 e. The van der Waals surface area contributed by atoms with Gasteiger partial charge in [-0.05, 0) is 19.1 Å². The van der Waals surface area contributed by atoms with Crippen LogP contribution < -0.4 is 5.32 Å². The van der Waals surface area contributed by atoms with Crippen LogP contribution in [0.2, 0.25) is 0 Å². The molecule has 2 aromatic rings. The lowest BCUT2D eigenvalue weighted by molar-refractivity contribution is 1.04. The first-order chi connectivity index (χ1) is 7.31. The Labute approximate surface area is 89.3 Å². The zero-order chi connectivity index (χ0) is 10.7. The van der Waals surface area contributed by atoms with E-state index in [1.165, 1.54) is 0 Å². The topological polar surface area (TPSA) is 24.9 Å². The lowest BCUT2D eigenvalue weighted by atomic mass is 10.2. The Kier molecular flexibility index (Phi) is 2.55. The van der Waals surface area contributed by atoms with Gasteiger partial charge in [0.05, 0.1) is 11.6 Å². The van der Waals surface area contributed by atoms with E-state index in [0.29, 0.717) is 0 Å². The number of terminal acetylenes is 1. The van der Waals surface area contributed by atoms with Crippen molar-refractivity contribution in [3.63, 3.8) is 0 Å². The number of hydrogen-bond acceptors (Lipinski definition) is 2. The molecule has 0 bridgehead atoms. The number of anilines is 1. The van der Waals surface area contributed by atoms with E-state index in [1.54, 1.807) is 6.20 Å². The third-order valence-electron chi connectivity index (χ3n) is 2.27. The normalized spacial score (nSPS) is 12.0. The zero-order valence-electron chi connectivity index (χ0n) is 8.57. The van der Waals surface area contributed by atoms with E-state index in [2.05, 4.69) is 16.2 Å². The number of aromatic nitrogens is 1. The average Bonchev–Trinajstić information content (AvgIpc) is 2.29. The highest BCUT2D eigenvalue weighted by Gasteiger charge is 2.02. The summed E-state index contributed by atoms with van der Waals surface area (Å²) in [6, 6.07) is 9.96. The average molecular weight is 196 g/mol. The first-order valence-corrected chi connectivity index (χ1v) is 4.87. The highest BCUT2D eigenvalue weighted by molar-refractivity contribution is 5.91. The van der Waals surface area contributed by atoms with Crippen molar-refractivity contribution in [2.45, 2.75) is 13.0 Å². The summed E-state index contributed by atoms with van der Waals surface area (Å²) in [5.41, 5.74) is 2.01. The maximum absolute atomic E-state index is 5.34. The lowest BCUT2D eigenvalue weighted by Gasteiger charge is -2.11. The fourth-order valence-electron chi connectivity index (χ4n) is 1.50. The standard InChI is InChI=1S/C13H12N2/c1-3-10(2)15-13-8-9-14-12-7-5-4-6-11(12)13/h1,4-10H,2H3,(H,14,15). The molecular weight excluding hydrogens is 184 g/mol. The summed E-state index contributed by atoms with van der Waals surface area (Å²) in [4.78, 5) is 4.28. The zero-order valence-corrected chi connectivity index (χ0v) is 8.57. The van der Waals surface area contributed by atoms with Gasteiger partial charge < -0.3 is 5.32 Å². The van der Waals surface area contributed by atoms with Crippen LogP contribution in [0.3, 0.4) is 0 Å². The maximum Gasteiger partial charge on any atom is 0.0846 e. The Hall–Kier alpha value is -2.01. The number of benzene rings is 1. The van der Waals surface area contributed by atoms with Crippen molar-refractivity contribution in [3.05, 3.63) is 36.5 Å². The molecule has 0 saturated heterocycles. The molecule has 1 heterocycles. The van der Waals surface area contributed by atoms with Crippen molar-refractivity contribution >= 4 is 16.6 Å². The minimum atomic E-state index is 0.0239. The van der Waals surface area contributed by atoms with Crippen LogP contribution in [-0.2, 0) is 0 Å². The van der Waals surface area contributed by atoms with E-state index in [4.69, 9.17) is 6.42 Å². The molecular formula is C13H12N2.